The van der Waals surface area contributed by atoms with Gasteiger partial charge in [0.05, 0.1) is 13.2 Å². The molecule has 3 heterocycles. The van der Waals surface area contributed by atoms with Crippen LogP contribution in [-0.4, -0.2) is 72.1 Å². The van der Waals surface area contributed by atoms with Crippen molar-refractivity contribution in [3.8, 4) is 11.1 Å². The zero-order valence-electron chi connectivity index (χ0n) is 18.5. The number of hydrogen-bond donors (Lipinski definition) is 2. The molecule has 34 heavy (non-hydrogen) atoms. The molecule has 0 radical (unpaired) electrons. The lowest BCUT2D eigenvalue weighted by Crippen LogP contribution is -2.49. The molecule has 0 aliphatic carbocycles. The third-order valence-corrected chi connectivity index (χ3v) is 6.06. The molecule has 0 amide bonds. The number of amidine groups is 1. The summed E-state index contributed by atoms with van der Waals surface area (Å²) in [5.74, 6) is -0.807. The molecule has 0 unspecified atom stereocenters. The minimum Gasteiger partial charge on any atom is -0.460 e. The normalized spacial score (nSPS) is 17.1. The molecule has 184 valence electrons. The van der Waals surface area contributed by atoms with E-state index in [2.05, 4.69) is 19.8 Å². The molecule has 2 fully saturated rings. The van der Waals surface area contributed by atoms with Crippen molar-refractivity contribution in [1.82, 2.24) is 14.9 Å². The fourth-order valence-electron chi connectivity index (χ4n) is 4.28. The maximum absolute atomic E-state index is 15.0. The number of rotatable bonds is 7. The number of piperidine rings is 1. The van der Waals surface area contributed by atoms with E-state index in [0.29, 0.717) is 23.1 Å². The van der Waals surface area contributed by atoms with Gasteiger partial charge in [-0.15, -0.1) is 0 Å². The third-order valence-electron chi connectivity index (χ3n) is 6.06. The molecule has 2 aliphatic heterocycles. The molecule has 0 spiro atoms. The van der Waals surface area contributed by atoms with Gasteiger partial charge in [0, 0.05) is 61.3 Å². The van der Waals surface area contributed by atoms with Crippen molar-refractivity contribution in [1.29, 1.82) is 5.41 Å². The number of hydrogen-bond acceptors (Lipinski definition) is 8. The van der Waals surface area contributed by atoms with Crippen molar-refractivity contribution in [3.05, 3.63) is 42.0 Å². The molecule has 2 aromatic rings. The fraction of sp³-hybridized carbons (Fsp3) is 0.500. The van der Waals surface area contributed by atoms with E-state index in [9.17, 15) is 4.79 Å². The Balaban J connectivity index is 0.00000324. The monoisotopic (exact) mass is 472 g/mol. The van der Waals surface area contributed by atoms with Crippen LogP contribution in [0.25, 0.3) is 11.1 Å². The van der Waals surface area contributed by atoms with Gasteiger partial charge in [-0.2, -0.15) is 0 Å². The van der Waals surface area contributed by atoms with Crippen molar-refractivity contribution < 1.29 is 18.7 Å². The molecule has 2 saturated heterocycles. The Morgan fingerprint density at radius 2 is 1.85 bits per heavy atom. The van der Waals surface area contributed by atoms with Crippen LogP contribution in [-0.2, 0) is 20.9 Å². The van der Waals surface area contributed by atoms with Crippen molar-refractivity contribution in [2.45, 2.75) is 39.3 Å². The summed E-state index contributed by atoms with van der Waals surface area (Å²) in [5, 5.41) is 7.12. The lowest BCUT2D eigenvalue weighted by molar-refractivity contribution is -0.143. The van der Waals surface area contributed by atoms with E-state index < -0.39 is 11.8 Å². The van der Waals surface area contributed by atoms with E-state index in [0.717, 1.165) is 52.2 Å². The molecule has 0 bridgehead atoms. The molecule has 0 saturated carbocycles. The van der Waals surface area contributed by atoms with E-state index in [1.165, 1.54) is 0 Å². The van der Waals surface area contributed by atoms with Gasteiger partial charge in [0.2, 0.25) is 5.95 Å². The summed E-state index contributed by atoms with van der Waals surface area (Å²) in [5.41, 5.74) is 6.31. The van der Waals surface area contributed by atoms with Gasteiger partial charge >= 0.3 is 5.97 Å². The smallest absolute Gasteiger partial charge is 0.313 e. The largest absolute Gasteiger partial charge is 0.460 e. The second-order valence-electron chi connectivity index (χ2n) is 8.28. The highest BCUT2D eigenvalue weighted by Crippen LogP contribution is 2.26. The predicted molar refractivity (Wildman–Crippen MR) is 128 cm³/mol. The van der Waals surface area contributed by atoms with Gasteiger partial charge < -0.3 is 20.1 Å². The van der Waals surface area contributed by atoms with Gasteiger partial charge in [-0.1, -0.05) is 25.6 Å². The molecule has 9 nitrogen and oxygen atoms in total. The Bertz CT molecular complexity index is 973. The Morgan fingerprint density at radius 3 is 2.50 bits per heavy atom. The van der Waals surface area contributed by atoms with Gasteiger partial charge in [-0.25, -0.2) is 14.4 Å². The topological polar surface area (TPSA) is 118 Å². The summed E-state index contributed by atoms with van der Waals surface area (Å²) >= 11 is 0. The summed E-state index contributed by atoms with van der Waals surface area (Å²) in [6.45, 7) is 5.15. The van der Waals surface area contributed by atoms with Crippen molar-refractivity contribution in [2.75, 3.05) is 44.3 Å². The van der Waals surface area contributed by atoms with Gasteiger partial charge in [0.1, 0.15) is 24.7 Å². The highest BCUT2D eigenvalue weighted by atomic mass is 19.1. The number of ether oxygens (including phenoxy) is 2. The van der Waals surface area contributed by atoms with Gasteiger partial charge in [0.25, 0.3) is 0 Å². The lowest BCUT2D eigenvalue weighted by atomic mass is 10.0. The van der Waals surface area contributed by atoms with E-state index in [1.54, 1.807) is 30.6 Å². The zero-order chi connectivity index (χ0) is 23.2. The lowest BCUT2D eigenvalue weighted by Gasteiger charge is -2.40. The first-order chi connectivity index (χ1) is 16.0. The Morgan fingerprint density at radius 1 is 1.18 bits per heavy atom. The van der Waals surface area contributed by atoms with E-state index in [4.69, 9.17) is 20.6 Å². The highest BCUT2D eigenvalue weighted by Gasteiger charge is 2.26. The first kappa shape index (κ1) is 25.5. The van der Waals surface area contributed by atoms with Gasteiger partial charge in [-0.05, 0) is 12.8 Å². The van der Waals surface area contributed by atoms with Crippen LogP contribution >= 0.6 is 0 Å². The number of benzene rings is 1. The van der Waals surface area contributed by atoms with Gasteiger partial charge in [0.15, 0.2) is 0 Å². The zero-order valence-corrected chi connectivity index (χ0v) is 18.5. The van der Waals surface area contributed by atoms with E-state index in [-0.39, 0.29) is 31.9 Å². The number of carbonyl (C=O) groups excluding carboxylic acids is 1. The number of nitrogens with one attached hydrogen (secondary N) is 1. The number of anilines is 1. The Hall–Kier alpha value is -3.11. The maximum atomic E-state index is 15.0. The van der Waals surface area contributed by atoms with Gasteiger partial charge in [-0.3, -0.25) is 15.1 Å². The number of aromatic nitrogens is 2. The highest BCUT2D eigenvalue weighted by molar-refractivity contribution is 5.94. The van der Waals surface area contributed by atoms with Crippen molar-refractivity contribution >= 4 is 17.8 Å². The van der Waals surface area contributed by atoms with Crippen LogP contribution < -0.4 is 10.6 Å². The molecule has 4 rings (SSSR count). The van der Waals surface area contributed by atoms with Crippen LogP contribution in [0.3, 0.4) is 0 Å². The fourth-order valence-corrected chi connectivity index (χ4v) is 4.28. The molecular weight excluding hydrogens is 439 g/mol. The van der Waals surface area contributed by atoms with Crippen LogP contribution in [0.4, 0.5) is 10.3 Å². The summed E-state index contributed by atoms with van der Waals surface area (Å²) in [6, 6.07) is 5.46. The standard InChI is InChI=1S/C23H29FN6O3.CH4/c24-22-16(15-33-21(31)12-20(25)26)2-1-3-19(22)17-13-27-23(28-14-17)30-6-4-18(5-7-30)29-8-10-32-11-9-29;/h1-3,13-14,18H,4-12,15H2,(H3,25,26);1H4. The van der Waals surface area contributed by atoms with Crippen LogP contribution in [0.2, 0.25) is 0 Å². The average Bonchev–Trinajstić information content (AvgIpc) is 2.84. The second kappa shape index (κ2) is 11.8. The number of nitrogens with zero attached hydrogens (tertiary/aromatic N) is 4. The number of morpholine rings is 1. The number of esters is 1. The van der Waals surface area contributed by atoms with E-state index in [1.807, 2.05) is 0 Å². The number of nitrogens with two attached hydrogens (primary N) is 1. The molecule has 2 aliphatic rings. The summed E-state index contributed by atoms with van der Waals surface area (Å²) in [4.78, 5) is 25.2. The summed E-state index contributed by atoms with van der Waals surface area (Å²) in [6.07, 6.45) is 5.05. The quantitative estimate of drug-likeness (QED) is 0.359. The van der Waals surface area contributed by atoms with Crippen LogP contribution in [0.15, 0.2) is 30.6 Å². The van der Waals surface area contributed by atoms with E-state index >= 15 is 4.39 Å². The first-order valence-electron chi connectivity index (χ1n) is 11.2. The average molecular weight is 473 g/mol. The summed E-state index contributed by atoms with van der Waals surface area (Å²) in [7, 11) is 0. The third kappa shape index (κ3) is 6.27. The molecule has 1 aromatic heterocycles. The Kier molecular flexibility index (Phi) is 8.89. The molecule has 1 aromatic carbocycles. The van der Waals surface area contributed by atoms with Crippen LogP contribution in [0.5, 0.6) is 0 Å². The minimum atomic E-state index is -0.669. The second-order valence-corrected chi connectivity index (χ2v) is 8.28. The Labute approximate surface area is 199 Å². The molecule has 10 heteroatoms. The molecule has 0 atom stereocenters. The first-order valence-corrected chi connectivity index (χ1v) is 11.2. The SMILES string of the molecule is C.N=C(N)CC(=O)OCc1cccc(-c2cnc(N3CCC(N4CCOCC4)CC3)nc2)c1F. The molecule has 3 N–H and O–H groups in total. The van der Waals surface area contributed by atoms with Crippen LogP contribution in [0.1, 0.15) is 32.3 Å². The van der Waals surface area contributed by atoms with Crippen LogP contribution in [0, 0.1) is 11.2 Å². The summed E-state index contributed by atoms with van der Waals surface area (Å²) < 4.78 is 25.5. The molecular formula is C24H33FN6O3. The van der Waals surface area contributed by atoms with Crippen molar-refractivity contribution in [2.24, 2.45) is 5.73 Å². The predicted octanol–water partition coefficient (Wildman–Crippen LogP) is 2.59. The maximum Gasteiger partial charge on any atom is 0.313 e. The number of carbonyl (C=O) groups is 1. The van der Waals surface area contributed by atoms with Crippen molar-refractivity contribution in [3.63, 3.8) is 0 Å². The minimum absolute atomic E-state index is 0. The number of halogens is 1.